The van der Waals surface area contributed by atoms with Crippen molar-refractivity contribution in [3.63, 3.8) is 0 Å². The van der Waals surface area contributed by atoms with Gasteiger partial charge in [0.1, 0.15) is 0 Å². The van der Waals surface area contributed by atoms with Gasteiger partial charge in [-0.2, -0.15) is 0 Å². The molecular weight excluding hydrogens is 276 g/mol. The standard InChI is InChI=1S/C18H32O2Si/c1-14(2)17(19)20-21(18(3,4)5,15-10-6-7-11-15)16-12-8-9-13-16/h15-16H,1,6-13H2,2-5H3. The number of hydrogen-bond acceptors (Lipinski definition) is 2. The van der Waals surface area contributed by atoms with E-state index in [4.69, 9.17) is 4.43 Å². The lowest BCUT2D eigenvalue weighted by Gasteiger charge is -2.49. The molecule has 3 heteroatoms. The molecule has 2 aliphatic carbocycles. The van der Waals surface area contributed by atoms with Crippen molar-refractivity contribution in [1.82, 2.24) is 0 Å². The summed E-state index contributed by atoms with van der Waals surface area (Å²) in [5, 5.41) is 0.113. The van der Waals surface area contributed by atoms with Crippen LogP contribution in [0.3, 0.4) is 0 Å². The summed E-state index contributed by atoms with van der Waals surface area (Å²) in [6.45, 7) is 12.6. The molecule has 0 unspecified atom stereocenters. The van der Waals surface area contributed by atoms with Gasteiger partial charge in [-0.15, -0.1) is 0 Å². The molecule has 0 amide bonds. The molecule has 0 N–H and O–H groups in total. The van der Waals surface area contributed by atoms with Gasteiger partial charge < -0.3 is 4.43 Å². The summed E-state index contributed by atoms with van der Waals surface area (Å²) >= 11 is 0. The average Bonchev–Trinajstić information content (AvgIpc) is 3.06. The van der Waals surface area contributed by atoms with Gasteiger partial charge in [0.2, 0.25) is 0 Å². The Kier molecular flexibility index (Phi) is 5.02. The van der Waals surface area contributed by atoms with Gasteiger partial charge in [-0.1, -0.05) is 53.0 Å². The van der Waals surface area contributed by atoms with Crippen molar-refractivity contribution in [2.24, 2.45) is 0 Å². The van der Waals surface area contributed by atoms with Crippen LogP contribution in [0.4, 0.5) is 0 Å². The van der Waals surface area contributed by atoms with Crippen LogP contribution in [0.1, 0.15) is 79.1 Å². The first-order chi connectivity index (χ1) is 9.79. The average molecular weight is 309 g/mol. The zero-order valence-electron chi connectivity index (χ0n) is 14.3. The lowest BCUT2D eigenvalue weighted by Crippen LogP contribution is -2.55. The summed E-state index contributed by atoms with van der Waals surface area (Å²) in [5.41, 5.74) is 1.87. The predicted molar refractivity (Wildman–Crippen MR) is 90.8 cm³/mol. The van der Waals surface area contributed by atoms with Gasteiger partial charge in [0, 0.05) is 5.57 Å². The highest BCUT2D eigenvalue weighted by Gasteiger charge is 2.60. The third kappa shape index (κ3) is 3.13. The van der Waals surface area contributed by atoms with Crippen LogP contribution in [0.2, 0.25) is 16.1 Å². The van der Waals surface area contributed by atoms with Crippen molar-refractivity contribution in [3.8, 4) is 0 Å². The Bertz CT molecular complexity index is 380. The minimum Gasteiger partial charge on any atom is -0.515 e. The van der Waals surface area contributed by atoms with Gasteiger partial charge in [-0.3, -0.25) is 0 Å². The van der Waals surface area contributed by atoms with Gasteiger partial charge in [-0.25, -0.2) is 4.79 Å². The molecule has 0 atom stereocenters. The molecule has 0 heterocycles. The van der Waals surface area contributed by atoms with Gasteiger partial charge >= 0.3 is 5.97 Å². The third-order valence-electron chi connectivity index (χ3n) is 5.71. The SMILES string of the molecule is C=C(C)C(=O)O[Si](C1CCCC1)(C1CCCC1)C(C)(C)C. The van der Waals surface area contributed by atoms with E-state index >= 15 is 0 Å². The molecule has 0 aromatic carbocycles. The van der Waals surface area contributed by atoms with Gasteiger partial charge in [0.05, 0.1) is 0 Å². The quantitative estimate of drug-likeness (QED) is 0.489. The van der Waals surface area contributed by atoms with Crippen LogP contribution in [0.25, 0.3) is 0 Å². The molecule has 2 fully saturated rings. The van der Waals surface area contributed by atoms with E-state index < -0.39 is 8.32 Å². The van der Waals surface area contributed by atoms with Gasteiger partial charge in [0.15, 0.2) is 0 Å². The molecule has 0 spiro atoms. The van der Waals surface area contributed by atoms with Crippen LogP contribution in [0.15, 0.2) is 12.2 Å². The molecule has 2 rings (SSSR count). The maximum Gasteiger partial charge on any atom is 0.319 e. The summed E-state index contributed by atoms with van der Waals surface area (Å²) in [6.07, 6.45) is 10.3. The predicted octanol–water partition coefficient (Wildman–Crippen LogP) is 5.74. The first kappa shape index (κ1) is 16.8. The summed E-state index contributed by atoms with van der Waals surface area (Å²) < 4.78 is 6.43. The second kappa shape index (κ2) is 6.27. The van der Waals surface area contributed by atoms with Crippen LogP contribution in [-0.2, 0) is 9.22 Å². The van der Waals surface area contributed by atoms with Crippen molar-refractivity contribution in [2.45, 2.75) is 95.2 Å². The Hall–Kier alpha value is -0.573. The number of rotatable bonds is 4. The largest absolute Gasteiger partial charge is 0.515 e. The summed E-state index contributed by atoms with van der Waals surface area (Å²) in [6, 6.07) is 0. The highest BCUT2D eigenvalue weighted by molar-refractivity contribution is 6.81. The monoisotopic (exact) mass is 308 g/mol. The fourth-order valence-corrected chi connectivity index (χ4v) is 11.6. The van der Waals surface area contributed by atoms with Crippen molar-refractivity contribution < 1.29 is 9.22 Å². The smallest absolute Gasteiger partial charge is 0.319 e. The zero-order valence-corrected chi connectivity index (χ0v) is 15.3. The van der Waals surface area contributed by atoms with E-state index in [0.717, 1.165) is 0 Å². The maximum absolute atomic E-state index is 12.4. The van der Waals surface area contributed by atoms with E-state index in [0.29, 0.717) is 16.7 Å². The van der Waals surface area contributed by atoms with E-state index in [1.807, 2.05) is 0 Å². The lowest BCUT2D eigenvalue weighted by molar-refractivity contribution is -0.131. The van der Waals surface area contributed by atoms with Crippen molar-refractivity contribution in [2.75, 3.05) is 0 Å². The molecule has 0 saturated heterocycles. The first-order valence-corrected chi connectivity index (χ1v) is 10.7. The molecule has 0 aromatic rings. The molecule has 2 saturated carbocycles. The molecule has 0 radical (unpaired) electrons. The molecule has 2 aliphatic rings. The number of hydrogen-bond donors (Lipinski definition) is 0. The maximum atomic E-state index is 12.4. The van der Waals surface area contributed by atoms with Gasteiger partial charge in [0.25, 0.3) is 8.32 Å². The Balaban J connectivity index is 2.41. The van der Waals surface area contributed by atoms with Crippen molar-refractivity contribution in [3.05, 3.63) is 12.2 Å². The summed E-state index contributed by atoms with van der Waals surface area (Å²) in [4.78, 5) is 12.4. The summed E-state index contributed by atoms with van der Waals surface area (Å²) in [5.74, 6) is -0.129. The molecule has 2 nitrogen and oxygen atoms in total. The van der Waals surface area contributed by atoms with E-state index in [1.165, 1.54) is 51.4 Å². The topological polar surface area (TPSA) is 26.3 Å². The van der Waals surface area contributed by atoms with Crippen LogP contribution in [0, 0.1) is 0 Å². The highest BCUT2D eigenvalue weighted by atomic mass is 28.4. The fourth-order valence-electron chi connectivity index (χ4n) is 4.83. The Morgan fingerprint density at radius 2 is 1.38 bits per heavy atom. The number of carbonyl (C=O) groups is 1. The van der Waals surface area contributed by atoms with E-state index in [9.17, 15) is 4.79 Å². The second-order valence-corrected chi connectivity index (χ2v) is 13.1. The Morgan fingerprint density at radius 1 is 1.00 bits per heavy atom. The van der Waals surface area contributed by atoms with E-state index in [1.54, 1.807) is 6.92 Å². The lowest BCUT2D eigenvalue weighted by atomic mass is 10.2. The fraction of sp³-hybridized carbons (Fsp3) is 0.833. The van der Waals surface area contributed by atoms with Crippen LogP contribution in [0.5, 0.6) is 0 Å². The Morgan fingerprint density at radius 3 is 1.67 bits per heavy atom. The molecule has 0 aromatic heterocycles. The highest BCUT2D eigenvalue weighted by Crippen LogP contribution is 2.60. The van der Waals surface area contributed by atoms with Gasteiger partial charge in [-0.05, 0) is 48.7 Å². The normalized spacial score (nSPS) is 21.7. The molecular formula is C18H32O2Si. The molecule has 21 heavy (non-hydrogen) atoms. The molecule has 0 bridgehead atoms. The van der Waals surface area contributed by atoms with Crippen molar-refractivity contribution in [1.29, 1.82) is 0 Å². The molecule has 0 aliphatic heterocycles. The van der Waals surface area contributed by atoms with Crippen LogP contribution < -0.4 is 0 Å². The number of carbonyl (C=O) groups excluding carboxylic acids is 1. The van der Waals surface area contributed by atoms with E-state index in [-0.39, 0.29) is 11.0 Å². The van der Waals surface area contributed by atoms with Crippen LogP contribution >= 0.6 is 0 Å². The minimum atomic E-state index is -2.17. The Labute approximate surface area is 131 Å². The first-order valence-electron chi connectivity index (χ1n) is 8.68. The zero-order chi connectivity index (χ0) is 15.7. The van der Waals surface area contributed by atoms with Crippen LogP contribution in [-0.4, -0.2) is 14.3 Å². The third-order valence-corrected chi connectivity index (χ3v) is 12.2. The molecule has 120 valence electrons. The van der Waals surface area contributed by atoms with Crippen molar-refractivity contribution >= 4 is 14.3 Å². The minimum absolute atomic E-state index is 0.113. The van der Waals surface area contributed by atoms with E-state index in [2.05, 4.69) is 27.4 Å². The summed E-state index contributed by atoms with van der Waals surface area (Å²) in [7, 11) is -2.17. The second-order valence-electron chi connectivity index (χ2n) is 8.18.